The molecule has 26 heavy (non-hydrogen) atoms. The third-order valence-electron chi connectivity index (χ3n) is 3.86. The normalized spacial score (nSPS) is 12.2. The van der Waals surface area contributed by atoms with Crippen molar-refractivity contribution >= 4 is 29.3 Å². The Bertz CT molecular complexity index is 836. The van der Waals surface area contributed by atoms with Crippen molar-refractivity contribution in [3.8, 4) is 5.69 Å². The van der Waals surface area contributed by atoms with Crippen LogP contribution in [0.2, 0.25) is 5.02 Å². The lowest BCUT2D eigenvalue weighted by molar-refractivity contribution is -0.120. The Balaban J connectivity index is 2.12. The molecule has 1 aromatic carbocycles. The summed E-state index contributed by atoms with van der Waals surface area (Å²) in [5.41, 5.74) is 1.28. The highest BCUT2D eigenvalue weighted by atomic mass is 35.5. The van der Waals surface area contributed by atoms with E-state index in [-0.39, 0.29) is 16.7 Å². The number of rotatable bonds is 7. The fourth-order valence-corrected chi connectivity index (χ4v) is 3.22. The molecule has 1 heterocycles. The number of carbonyl (C=O) groups is 1. The first-order chi connectivity index (χ1) is 12.3. The molecule has 0 spiro atoms. The minimum Gasteiger partial charge on any atom is -0.355 e. The second-order valence-electron chi connectivity index (χ2n) is 6.59. The molecule has 0 saturated heterocycles. The van der Waals surface area contributed by atoms with Crippen LogP contribution in [-0.2, 0) is 4.79 Å². The molecule has 2 aromatic rings. The van der Waals surface area contributed by atoms with E-state index >= 15 is 0 Å². The SMILES string of the molecule is Cc1ccc(-n2nc(SC(C)C(=O)NCCC(C)C)ccc2=O)cc1Cl. The monoisotopic (exact) mass is 393 g/mol. The molecule has 0 fully saturated rings. The topological polar surface area (TPSA) is 64.0 Å². The van der Waals surface area contributed by atoms with Gasteiger partial charge in [-0.1, -0.05) is 43.3 Å². The van der Waals surface area contributed by atoms with E-state index in [2.05, 4.69) is 24.3 Å². The van der Waals surface area contributed by atoms with E-state index in [0.29, 0.717) is 28.2 Å². The molecular formula is C19H24ClN3O2S. The average Bonchev–Trinajstić information content (AvgIpc) is 2.58. The number of amides is 1. The van der Waals surface area contributed by atoms with E-state index < -0.39 is 0 Å². The summed E-state index contributed by atoms with van der Waals surface area (Å²) in [5.74, 6) is 0.512. The van der Waals surface area contributed by atoms with Crippen LogP contribution >= 0.6 is 23.4 Å². The summed E-state index contributed by atoms with van der Waals surface area (Å²) in [7, 11) is 0. The van der Waals surface area contributed by atoms with Crippen molar-refractivity contribution in [3.05, 3.63) is 51.3 Å². The average molecular weight is 394 g/mol. The van der Waals surface area contributed by atoms with Gasteiger partial charge in [0.1, 0.15) is 5.03 Å². The molecule has 2 rings (SSSR count). The highest BCUT2D eigenvalue weighted by molar-refractivity contribution is 8.00. The van der Waals surface area contributed by atoms with Gasteiger partial charge in [0.05, 0.1) is 10.9 Å². The molecule has 0 aliphatic carbocycles. The van der Waals surface area contributed by atoms with Gasteiger partial charge in [-0.2, -0.15) is 9.78 Å². The van der Waals surface area contributed by atoms with Gasteiger partial charge in [-0.15, -0.1) is 0 Å². The van der Waals surface area contributed by atoms with E-state index in [4.69, 9.17) is 11.6 Å². The summed E-state index contributed by atoms with van der Waals surface area (Å²) in [6.45, 7) is 8.63. The first-order valence-corrected chi connectivity index (χ1v) is 9.85. The maximum Gasteiger partial charge on any atom is 0.271 e. The molecule has 0 aliphatic rings. The lowest BCUT2D eigenvalue weighted by Crippen LogP contribution is -2.32. The van der Waals surface area contributed by atoms with Crippen LogP contribution in [0.15, 0.2) is 40.2 Å². The number of aryl methyl sites for hydroxylation is 1. The highest BCUT2D eigenvalue weighted by Gasteiger charge is 2.16. The predicted octanol–water partition coefficient (Wildman–Crippen LogP) is 3.84. The molecule has 0 aliphatic heterocycles. The van der Waals surface area contributed by atoms with Crippen LogP contribution < -0.4 is 10.9 Å². The lowest BCUT2D eigenvalue weighted by atomic mass is 10.1. The predicted molar refractivity (Wildman–Crippen MR) is 107 cm³/mol. The van der Waals surface area contributed by atoms with E-state index in [1.165, 1.54) is 22.5 Å². The molecule has 1 atom stereocenters. The van der Waals surface area contributed by atoms with Gasteiger partial charge in [-0.25, -0.2) is 0 Å². The van der Waals surface area contributed by atoms with Gasteiger partial charge in [-0.3, -0.25) is 9.59 Å². The second-order valence-corrected chi connectivity index (χ2v) is 8.36. The van der Waals surface area contributed by atoms with Crippen LogP contribution in [0.5, 0.6) is 0 Å². The number of nitrogens with one attached hydrogen (secondary N) is 1. The number of carbonyl (C=O) groups excluding carboxylic acids is 1. The van der Waals surface area contributed by atoms with Crippen molar-refractivity contribution in [2.24, 2.45) is 5.92 Å². The largest absolute Gasteiger partial charge is 0.355 e. The fourth-order valence-electron chi connectivity index (χ4n) is 2.22. The number of hydrogen-bond donors (Lipinski definition) is 1. The van der Waals surface area contributed by atoms with Crippen molar-refractivity contribution in [3.63, 3.8) is 0 Å². The quantitative estimate of drug-likeness (QED) is 0.726. The van der Waals surface area contributed by atoms with Crippen molar-refractivity contribution < 1.29 is 4.79 Å². The van der Waals surface area contributed by atoms with Crippen LogP contribution in [-0.4, -0.2) is 27.5 Å². The van der Waals surface area contributed by atoms with E-state index in [1.807, 2.05) is 19.9 Å². The molecule has 140 valence electrons. The third-order valence-corrected chi connectivity index (χ3v) is 5.30. The Morgan fingerprint density at radius 2 is 2.00 bits per heavy atom. The zero-order valence-electron chi connectivity index (χ0n) is 15.5. The summed E-state index contributed by atoms with van der Waals surface area (Å²) in [5, 5.41) is 8.18. The molecular weight excluding hydrogens is 370 g/mol. The summed E-state index contributed by atoms with van der Waals surface area (Å²) >= 11 is 7.47. The number of nitrogens with zero attached hydrogens (tertiary/aromatic N) is 2. The van der Waals surface area contributed by atoms with Crippen LogP contribution in [0.4, 0.5) is 0 Å². The highest BCUT2D eigenvalue weighted by Crippen LogP contribution is 2.22. The van der Waals surface area contributed by atoms with Crippen molar-refractivity contribution in [2.45, 2.75) is 44.4 Å². The number of aromatic nitrogens is 2. The Morgan fingerprint density at radius 3 is 2.65 bits per heavy atom. The number of thioether (sulfide) groups is 1. The first kappa shape index (κ1) is 20.5. The van der Waals surface area contributed by atoms with E-state index in [0.717, 1.165) is 12.0 Å². The summed E-state index contributed by atoms with van der Waals surface area (Å²) in [6, 6.07) is 8.44. The van der Waals surface area contributed by atoms with Crippen molar-refractivity contribution in [2.75, 3.05) is 6.54 Å². The number of halogens is 1. The Kier molecular flexibility index (Phi) is 7.29. The van der Waals surface area contributed by atoms with Crippen LogP contribution in [0.25, 0.3) is 5.69 Å². The van der Waals surface area contributed by atoms with Crippen molar-refractivity contribution in [1.82, 2.24) is 15.1 Å². The summed E-state index contributed by atoms with van der Waals surface area (Å²) < 4.78 is 1.30. The van der Waals surface area contributed by atoms with E-state index in [1.54, 1.807) is 18.2 Å². The summed E-state index contributed by atoms with van der Waals surface area (Å²) in [6.07, 6.45) is 0.945. The zero-order valence-corrected chi connectivity index (χ0v) is 17.0. The molecule has 0 bridgehead atoms. The van der Waals surface area contributed by atoms with Gasteiger partial charge >= 0.3 is 0 Å². The van der Waals surface area contributed by atoms with Crippen LogP contribution in [0, 0.1) is 12.8 Å². The van der Waals surface area contributed by atoms with Gasteiger partial charge < -0.3 is 5.32 Å². The maximum absolute atomic E-state index is 12.2. The molecule has 1 amide bonds. The summed E-state index contributed by atoms with van der Waals surface area (Å²) in [4.78, 5) is 24.3. The maximum atomic E-state index is 12.2. The molecule has 1 N–H and O–H groups in total. The van der Waals surface area contributed by atoms with Gasteiger partial charge in [0.15, 0.2) is 0 Å². The van der Waals surface area contributed by atoms with Crippen LogP contribution in [0.1, 0.15) is 32.8 Å². The van der Waals surface area contributed by atoms with Gasteiger partial charge in [-0.05, 0) is 49.9 Å². The van der Waals surface area contributed by atoms with Gasteiger partial charge in [0, 0.05) is 17.6 Å². The Morgan fingerprint density at radius 1 is 1.27 bits per heavy atom. The first-order valence-electron chi connectivity index (χ1n) is 8.59. The Labute approximate surface area is 163 Å². The van der Waals surface area contributed by atoms with Crippen molar-refractivity contribution in [1.29, 1.82) is 0 Å². The third kappa shape index (κ3) is 5.61. The fraction of sp³-hybridized carbons (Fsp3) is 0.421. The molecule has 0 saturated carbocycles. The molecule has 0 radical (unpaired) electrons. The molecule has 7 heteroatoms. The molecule has 1 unspecified atom stereocenters. The Hall–Kier alpha value is -1.79. The van der Waals surface area contributed by atoms with E-state index in [9.17, 15) is 9.59 Å². The molecule has 5 nitrogen and oxygen atoms in total. The minimum absolute atomic E-state index is 0.0337. The number of benzene rings is 1. The number of hydrogen-bond acceptors (Lipinski definition) is 4. The minimum atomic E-state index is -0.303. The van der Waals surface area contributed by atoms with Gasteiger partial charge in [0.25, 0.3) is 5.56 Å². The van der Waals surface area contributed by atoms with Gasteiger partial charge in [0.2, 0.25) is 5.91 Å². The smallest absolute Gasteiger partial charge is 0.271 e. The standard InChI is InChI=1S/C19H24ClN3O2S/c1-12(2)9-10-21-19(25)14(4)26-17-7-8-18(24)23(22-17)15-6-5-13(3)16(20)11-15/h5-8,11-12,14H,9-10H2,1-4H3,(H,21,25). The zero-order chi connectivity index (χ0) is 19.3. The molecule has 1 aromatic heterocycles. The lowest BCUT2D eigenvalue weighted by Gasteiger charge is -2.13. The van der Waals surface area contributed by atoms with Crippen LogP contribution in [0.3, 0.4) is 0 Å². The second kappa shape index (κ2) is 9.24.